The average Bonchev–Trinajstić information content (AvgIpc) is 2.26. The summed E-state index contributed by atoms with van der Waals surface area (Å²) in [5.41, 5.74) is 7.21. The lowest BCUT2D eigenvalue weighted by Gasteiger charge is -2.20. The van der Waals surface area contributed by atoms with Crippen molar-refractivity contribution in [1.82, 2.24) is 4.72 Å². The highest BCUT2D eigenvalue weighted by molar-refractivity contribution is 7.89. The van der Waals surface area contributed by atoms with Crippen LogP contribution in [0.15, 0.2) is 24.3 Å². The summed E-state index contributed by atoms with van der Waals surface area (Å²) in [6.45, 7) is 7.93. The molecule has 0 heterocycles. The Morgan fingerprint density at radius 2 is 1.74 bits per heavy atom. The Labute approximate surface area is 116 Å². The van der Waals surface area contributed by atoms with Crippen LogP contribution in [0.4, 0.5) is 5.69 Å². The smallest absolute Gasteiger partial charge is 0.212 e. The van der Waals surface area contributed by atoms with Crippen LogP contribution < -0.4 is 10.5 Å². The Kier molecular flexibility index (Phi) is 4.98. The van der Waals surface area contributed by atoms with E-state index in [1.54, 1.807) is 12.1 Å². The topological polar surface area (TPSA) is 72.2 Å². The Morgan fingerprint density at radius 3 is 2.21 bits per heavy atom. The summed E-state index contributed by atoms with van der Waals surface area (Å²) in [6, 6.07) is 6.98. The van der Waals surface area contributed by atoms with E-state index in [4.69, 9.17) is 5.73 Å². The van der Waals surface area contributed by atoms with E-state index in [1.165, 1.54) is 0 Å². The standard InChI is InChI=1S/C14H24N2O2S/c1-11(12-5-7-13(15)8-6-12)16-19(17,18)10-9-14(2,3)4/h5-8,11,16H,9-10,15H2,1-4H3. The van der Waals surface area contributed by atoms with Gasteiger partial charge in [-0.15, -0.1) is 0 Å². The third kappa shape index (κ3) is 6.07. The van der Waals surface area contributed by atoms with Crippen molar-refractivity contribution in [2.75, 3.05) is 11.5 Å². The van der Waals surface area contributed by atoms with Crippen molar-refractivity contribution < 1.29 is 8.42 Å². The van der Waals surface area contributed by atoms with Crippen molar-refractivity contribution in [2.24, 2.45) is 5.41 Å². The number of hydrogen-bond acceptors (Lipinski definition) is 3. The Hall–Kier alpha value is -1.07. The third-order valence-corrected chi connectivity index (χ3v) is 4.37. The molecule has 19 heavy (non-hydrogen) atoms. The van der Waals surface area contributed by atoms with Crippen LogP contribution in [-0.2, 0) is 10.0 Å². The summed E-state index contributed by atoms with van der Waals surface area (Å²) in [7, 11) is -3.25. The molecule has 1 aromatic rings. The van der Waals surface area contributed by atoms with Crippen molar-refractivity contribution in [3.05, 3.63) is 29.8 Å². The van der Waals surface area contributed by atoms with Crippen LogP contribution in [0.3, 0.4) is 0 Å². The van der Waals surface area contributed by atoms with Crippen LogP contribution in [0, 0.1) is 5.41 Å². The Morgan fingerprint density at radius 1 is 1.21 bits per heavy atom. The molecular formula is C14H24N2O2S. The number of nitrogens with two attached hydrogens (primary N) is 1. The maximum absolute atomic E-state index is 12.0. The fourth-order valence-corrected chi connectivity index (χ4v) is 3.30. The fourth-order valence-electron chi connectivity index (χ4n) is 1.62. The van der Waals surface area contributed by atoms with E-state index in [2.05, 4.69) is 4.72 Å². The first-order valence-electron chi connectivity index (χ1n) is 6.44. The minimum absolute atomic E-state index is 0.0131. The van der Waals surface area contributed by atoms with Crippen molar-refractivity contribution in [3.63, 3.8) is 0 Å². The first kappa shape index (κ1) is 16.0. The molecule has 4 nitrogen and oxygen atoms in total. The first-order chi connectivity index (χ1) is 8.59. The fraction of sp³-hybridized carbons (Fsp3) is 0.571. The van der Waals surface area contributed by atoms with Gasteiger partial charge in [-0.2, -0.15) is 0 Å². The molecule has 0 radical (unpaired) electrons. The van der Waals surface area contributed by atoms with Crippen LogP contribution in [-0.4, -0.2) is 14.2 Å². The summed E-state index contributed by atoms with van der Waals surface area (Å²) in [4.78, 5) is 0. The Bertz CT molecular complexity index is 501. The molecule has 0 aromatic heterocycles. The highest BCUT2D eigenvalue weighted by Crippen LogP contribution is 2.20. The molecule has 0 saturated heterocycles. The van der Waals surface area contributed by atoms with Crippen LogP contribution in [0.1, 0.15) is 45.7 Å². The summed E-state index contributed by atoms with van der Waals surface area (Å²) in [5, 5.41) is 0. The molecule has 1 atom stereocenters. The normalized spacial score (nSPS) is 14.3. The van der Waals surface area contributed by atoms with Crippen molar-refractivity contribution in [1.29, 1.82) is 0 Å². The zero-order chi connectivity index (χ0) is 14.7. The maximum Gasteiger partial charge on any atom is 0.212 e. The van der Waals surface area contributed by atoms with E-state index in [-0.39, 0.29) is 17.2 Å². The lowest BCUT2D eigenvalue weighted by atomic mass is 9.94. The molecule has 0 aliphatic heterocycles. The van der Waals surface area contributed by atoms with E-state index in [1.807, 2.05) is 39.8 Å². The minimum Gasteiger partial charge on any atom is -0.399 e. The van der Waals surface area contributed by atoms with Gasteiger partial charge >= 0.3 is 0 Å². The van der Waals surface area contributed by atoms with Gasteiger partial charge in [0.05, 0.1) is 5.75 Å². The Balaban J connectivity index is 2.65. The highest BCUT2D eigenvalue weighted by Gasteiger charge is 2.19. The molecular weight excluding hydrogens is 260 g/mol. The molecule has 0 aliphatic rings. The van der Waals surface area contributed by atoms with E-state index in [0.717, 1.165) is 5.56 Å². The van der Waals surface area contributed by atoms with Gasteiger partial charge in [0.25, 0.3) is 0 Å². The van der Waals surface area contributed by atoms with Crippen LogP contribution in [0.25, 0.3) is 0 Å². The van der Waals surface area contributed by atoms with Crippen molar-refractivity contribution in [3.8, 4) is 0 Å². The third-order valence-electron chi connectivity index (χ3n) is 2.91. The molecule has 1 aromatic carbocycles. The van der Waals surface area contributed by atoms with Gasteiger partial charge in [-0.25, -0.2) is 13.1 Å². The number of nitrogens with one attached hydrogen (secondary N) is 1. The van der Waals surface area contributed by atoms with E-state index < -0.39 is 10.0 Å². The van der Waals surface area contributed by atoms with E-state index >= 15 is 0 Å². The molecule has 1 unspecified atom stereocenters. The van der Waals surface area contributed by atoms with Crippen LogP contribution in [0.5, 0.6) is 0 Å². The molecule has 1 rings (SSSR count). The number of sulfonamides is 1. The molecule has 3 N–H and O–H groups in total. The molecule has 0 amide bonds. The van der Waals surface area contributed by atoms with Gasteiger partial charge < -0.3 is 5.73 Å². The molecule has 0 aliphatic carbocycles. The van der Waals surface area contributed by atoms with Crippen molar-refractivity contribution in [2.45, 2.75) is 40.2 Å². The second kappa shape index (κ2) is 5.92. The van der Waals surface area contributed by atoms with Gasteiger partial charge in [0.2, 0.25) is 10.0 Å². The van der Waals surface area contributed by atoms with E-state index in [9.17, 15) is 8.42 Å². The van der Waals surface area contributed by atoms with E-state index in [0.29, 0.717) is 12.1 Å². The summed E-state index contributed by atoms with van der Waals surface area (Å²) < 4.78 is 26.7. The van der Waals surface area contributed by atoms with Gasteiger partial charge in [0.1, 0.15) is 0 Å². The predicted molar refractivity (Wildman–Crippen MR) is 80.3 cm³/mol. The molecule has 0 spiro atoms. The van der Waals surface area contributed by atoms with Crippen LogP contribution >= 0.6 is 0 Å². The quantitative estimate of drug-likeness (QED) is 0.817. The number of rotatable bonds is 5. The number of anilines is 1. The minimum atomic E-state index is -3.25. The molecule has 0 saturated carbocycles. The lowest BCUT2D eigenvalue weighted by molar-refractivity contribution is 0.396. The van der Waals surface area contributed by atoms with Crippen molar-refractivity contribution >= 4 is 15.7 Å². The monoisotopic (exact) mass is 284 g/mol. The van der Waals surface area contributed by atoms with Crippen LogP contribution in [0.2, 0.25) is 0 Å². The summed E-state index contributed by atoms with van der Waals surface area (Å²) >= 11 is 0. The number of hydrogen-bond donors (Lipinski definition) is 2. The number of benzene rings is 1. The molecule has 108 valence electrons. The largest absolute Gasteiger partial charge is 0.399 e. The van der Waals surface area contributed by atoms with Gasteiger partial charge in [0.15, 0.2) is 0 Å². The zero-order valence-corrected chi connectivity index (χ0v) is 12.9. The second-order valence-corrected chi connectivity index (χ2v) is 8.01. The summed E-state index contributed by atoms with van der Waals surface area (Å²) in [6.07, 6.45) is 0.636. The zero-order valence-electron chi connectivity index (χ0n) is 12.1. The van der Waals surface area contributed by atoms with Gasteiger partial charge in [-0.1, -0.05) is 32.9 Å². The highest BCUT2D eigenvalue weighted by atomic mass is 32.2. The average molecular weight is 284 g/mol. The number of nitrogen functional groups attached to an aromatic ring is 1. The maximum atomic E-state index is 12.0. The summed E-state index contributed by atoms with van der Waals surface area (Å²) in [5.74, 6) is 0.149. The first-order valence-corrected chi connectivity index (χ1v) is 8.10. The predicted octanol–water partition coefficient (Wildman–Crippen LogP) is 2.69. The molecule has 5 heteroatoms. The molecule has 0 bridgehead atoms. The van der Waals surface area contributed by atoms with Gasteiger partial charge in [0, 0.05) is 11.7 Å². The van der Waals surface area contributed by atoms with Gasteiger partial charge in [-0.3, -0.25) is 0 Å². The molecule has 0 fully saturated rings. The van der Waals surface area contributed by atoms with Gasteiger partial charge in [-0.05, 0) is 36.5 Å². The second-order valence-electron chi connectivity index (χ2n) is 6.14. The SMILES string of the molecule is CC(NS(=O)(=O)CCC(C)(C)C)c1ccc(N)cc1. The lowest BCUT2D eigenvalue weighted by Crippen LogP contribution is -2.30.